The third kappa shape index (κ3) is 5.38. The minimum absolute atomic E-state index is 0.107. The van der Waals surface area contributed by atoms with Gasteiger partial charge in [-0.1, -0.05) is 18.2 Å². The standard InChI is InChI=1S/C18H21NO4S/c1-23-16-5-3-2-4-14(16)10-15(18(21)22)11-19-17(20)7-6-13-8-9-24-12-13/h2-5,8-9,12,15H,6-7,10-11H2,1H3,(H,19,20)(H,21,22). The molecule has 0 aliphatic rings. The van der Waals surface area contributed by atoms with E-state index in [1.807, 2.05) is 35.0 Å². The molecule has 0 aliphatic carbocycles. The summed E-state index contributed by atoms with van der Waals surface area (Å²) < 4.78 is 5.25. The number of aliphatic carboxylic acids is 1. The summed E-state index contributed by atoms with van der Waals surface area (Å²) >= 11 is 1.60. The number of hydrogen-bond acceptors (Lipinski definition) is 4. The number of benzene rings is 1. The van der Waals surface area contributed by atoms with Gasteiger partial charge in [0.15, 0.2) is 0 Å². The average Bonchev–Trinajstić information content (AvgIpc) is 3.10. The van der Waals surface area contributed by atoms with Gasteiger partial charge < -0.3 is 15.2 Å². The Morgan fingerprint density at radius 1 is 1.29 bits per heavy atom. The van der Waals surface area contributed by atoms with Crippen molar-refractivity contribution in [1.82, 2.24) is 5.32 Å². The highest BCUT2D eigenvalue weighted by Gasteiger charge is 2.20. The SMILES string of the molecule is COc1ccccc1CC(CNC(=O)CCc1ccsc1)C(=O)O. The van der Waals surface area contributed by atoms with Gasteiger partial charge in [0.25, 0.3) is 0 Å². The van der Waals surface area contributed by atoms with Gasteiger partial charge in [-0.3, -0.25) is 9.59 Å². The van der Waals surface area contributed by atoms with Crippen LogP contribution in [0.15, 0.2) is 41.1 Å². The number of carbonyl (C=O) groups excluding carboxylic acids is 1. The van der Waals surface area contributed by atoms with Gasteiger partial charge in [-0.2, -0.15) is 11.3 Å². The second-order valence-corrected chi connectivity index (χ2v) is 6.27. The maximum Gasteiger partial charge on any atom is 0.308 e. The van der Waals surface area contributed by atoms with E-state index in [1.54, 1.807) is 24.5 Å². The van der Waals surface area contributed by atoms with Crippen LogP contribution in [0.1, 0.15) is 17.5 Å². The first kappa shape index (κ1) is 18.0. The number of rotatable bonds is 9. The molecule has 1 aromatic carbocycles. The number of thiophene rings is 1. The highest BCUT2D eigenvalue weighted by atomic mass is 32.1. The summed E-state index contributed by atoms with van der Waals surface area (Å²) in [6.07, 6.45) is 1.33. The summed E-state index contributed by atoms with van der Waals surface area (Å²) in [5.74, 6) is -1.09. The summed E-state index contributed by atoms with van der Waals surface area (Å²) in [6, 6.07) is 9.31. The Bertz CT molecular complexity index is 669. The molecule has 1 heterocycles. The summed E-state index contributed by atoms with van der Waals surface area (Å²) in [5, 5.41) is 16.1. The molecule has 2 aromatic rings. The first-order valence-electron chi connectivity index (χ1n) is 7.72. The van der Waals surface area contributed by atoms with E-state index in [-0.39, 0.29) is 12.5 Å². The fourth-order valence-corrected chi connectivity index (χ4v) is 3.11. The zero-order valence-corrected chi connectivity index (χ0v) is 14.3. The van der Waals surface area contributed by atoms with Gasteiger partial charge in [0.05, 0.1) is 13.0 Å². The predicted octanol–water partition coefficient (Wildman–Crippen LogP) is 2.75. The van der Waals surface area contributed by atoms with Gasteiger partial charge in [-0.15, -0.1) is 0 Å². The van der Waals surface area contributed by atoms with E-state index in [4.69, 9.17) is 4.74 Å². The second kappa shape index (κ2) is 9.08. The maximum atomic E-state index is 11.9. The number of para-hydroxylation sites is 1. The Labute approximate surface area is 145 Å². The number of hydrogen-bond donors (Lipinski definition) is 2. The van der Waals surface area contributed by atoms with Crippen LogP contribution in [0.25, 0.3) is 0 Å². The number of nitrogens with one attached hydrogen (secondary N) is 1. The molecule has 1 atom stereocenters. The topological polar surface area (TPSA) is 75.6 Å². The third-order valence-corrected chi connectivity index (χ3v) is 4.51. The summed E-state index contributed by atoms with van der Waals surface area (Å²) in [6.45, 7) is 0.107. The van der Waals surface area contributed by atoms with E-state index in [9.17, 15) is 14.7 Å². The molecule has 2 N–H and O–H groups in total. The van der Waals surface area contributed by atoms with E-state index >= 15 is 0 Å². The van der Waals surface area contributed by atoms with Crippen molar-refractivity contribution < 1.29 is 19.4 Å². The van der Waals surface area contributed by atoms with Crippen LogP contribution in [0.5, 0.6) is 5.75 Å². The van der Waals surface area contributed by atoms with Crippen molar-refractivity contribution in [1.29, 1.82) is 0 Å². The van der Waals surface area contributed by atoms with Crippen LogP contribution < -0.4 is 10.1 Å². The number of amides is 1. The lowest BCUT2D eigenvalue weighted by atomic mass is 9.98. The number of ether oxygens (including phenoxy) is 1. The molecule has 128 valence electrons. The van der Waals surface area contributed by atoms with Crippen LogP contribution in [0.4, 0.5) is 0 Å². The number of carboxylic acid groups (broad SMARTS) is 1. The molecule has 5 nitrogen and oxygen atoms in total. The van der Waals surface area contributed by atoms with Gasteiger partial charge in [0.2, 0.25) is 5.91 Å². The Balaban J connectivity index is 1.86. The Kier molecular flexibility index (Phi) is 6.81. The number of aryl methyl sites for hydroxylation is 1. The van der Waals surface area contributed by atoms with Crippen molar-refractivity contribution in [2.24, 2.45) is 5.92 Å². The number of carbonyl (C=O) groups is 2. The Morgan fingerprint density at radius 2 is 2.08 bits per heavy atom. The fourth-order valence-electron chi connectivity index (χ4n) is 2.40. The minimum atomic E-state index is -0.931. The molecular weight excluding hydrogens is 326 g/mol. The van der Waals surface area contributed by atoms with Crippen molar-refractivity contribution in [3.63, 3.8) is 0 Å². The van der Waals surface area contributed by atoms with Crippen molar-refractivity contribution in [2.45, 2.75) is 19.3 Å². The zero-order chi connectivity index (χ0) is 17.4. The molecule has 0 fully saturated rings. The highest BCUT2D eigenvalue weighted by Crippen LogP contribution is 2.21. The largest absolute Gasteiger partial charge is 0.496 e. The Morgan fingerprint density at radius 3 is 2.75 bits per heavy atom. The molecular formula is C18H21NO4S. The third-order valence-electron chi connectivity index (χ3n) is 3.77. The van der Waals surface area contributed by atoms with Gasteiger partial charge in [0, 0.05) is 13.0 Å². The molecule has 1 amide bonds. The van der Waals surface area contributed by atoms with E-state index in [0.717, 1.165) is 11.1 Å². The summed E-state index contributed by atoms with van der Waals surface area (Å²) in [7, 11) is 1.56. The van der Waals surface area contributed by atoms with E-state index in [1.165, 1.54) is 0 Å². The first-order valence-corrected chi connectivity index (χ1v) is 8.67. The lowest BCUT2D eigenvalue weighted by Crippen LogP contribution is -2.34. The lowest BCUT2D eigenvalue weighted by molar-refractivity contribution is -0.141. The predicted molar refractivity (Wildman–Crippen MR) is 93.5 cm³/mol. The first-order chi connectivity index (χ1) is 11.6. The molecule has 0 bridgehead atoms. The summed E-state index contributed by atoms with van der Waals surface area (Å²) in [5.41, 5.74) is 1.94. The second-order valence-electron chi connectivity index (χ2n) is 5.49. The molecule has 1 unspecified atom stereocenters. The van der Waals surface area contributed by atoms with Gasteiger partial charge >= 0.3 is 5.97 Å². The molecule has 0 spiro atoms. The summed E-state index contributed by atoms with van der Waals surface area (Å²) in [4.78, 5) is 23.4. The zero-order valence-electron chi connectivity index (χ0n) is 13.5. The van der Waals surface area contributed by atoms with E-state index in [0.29, 0.717) is 25.0 Å². The fraction of sp³-hybridized carbons (Fsp3) is 0.333. The van der Waals surface area contributed by atoms with Gasteiger partial charge in [-0.25, -0.2) is 0 Å². The lowest BCUT2D eigenvalue weighted by Gasteiger charge is -2.15. The van der Waals surface area contributed by atoms with E-state index in [2.05, 4.69) is 5.32 Å². The number of carboxylic acids is 1. The van der Waals surface area contributed by atoms with Crippen LogP contribution in [0.3, 0.4) is 0 Å². The monoisotopic (exact) mass is 347 g/mol. The molecule has 1 aromatic heterocycles. The molecule has 0 aliphatic heterocycles. The molecule has 0 saturated carbocycles. The smallest absolute Gasteiger partial charge is 0.308 e. The average molecular weight is 347 g/mol. The number of methoxy groups -OCH3 is 1. The normalized spacial score (nSPS) is 11.7. The Hall–Kier alpha value is -2.34. The maximum absolute atomic E-state index is 11.9. The van der Waals surface area contributed by atoms with Crippen LogP contribution in [-0.4, -0.2) is 30.6 Å². The van der Waals surface area contributed by atoms with Gasteiger partial charge in [0.1, 0.15) is 5.75 Å². The highest BCUT2D eigenvalue weighted by molar-refractivity contribution is 7.07. The van der Waals surface area contributed by atoms with Gasteiger partial charge in [-0.05, 0) is 46.9 Å². The molecule has 6 heteroatoms. The van der Waals surface area contributed by atoms with Crippen LogP contribution in [0, 0.1) is 5.92 Å². The van der Waals surface area contributed by atoms with Crippen molar-refractivity contribution in [3.8, 4) is 5.75 Å². The van der Waals surface area contributed by atoms with Crippen LogP contribution >= 0.6 is 11.3 Å². The van der Waals surface area contributed by atoms with Crippen molar-refractivity contribution in [2.75, 3.05) is 13.7 Å². The van der Waals surface area contributed by atoms with Crippen molar-refractivity contribution in [3.05, 3.63) is 52.2 Å². The molecule has 0 radical (unpaired) electrons. The molecule has 2 rings (SSSR count). The van der Waals surface area contributed by atoms with E-state index < -0.39 is 11.9 Å². The quantitative estimate of drug-likeness (QED) is 0.731. The van der Waals surface area contributed by atoms with Crippen LogP contribution in [-0.2, 0) is 22.4 Å². The molecule has 24 heavy (non-hydrogen) atoms. The van der Waals surface area contributed by atoms with Crippen molar-refractivity contribution >= 4 is 23.2 Å². The minimum Gasteiger partial charge on any atom is -0.496 e. The van der Waals surface area contributed by atoms with Crippen LogP contribution in [0.2, 0.25) is 0 Å². The molecule has 0 saturated heterocycles.